The topological polar surface area (TPSA) is 208 Å². The van der Waals surface area contributed by atoms with E-state index in [1.807, 2.05) is 128 Å². The molecule has 18 nitrogen and oxygen atoms in total. The average molecular weight is 1240 g/mol. The van der Waals surface area contributed by atoms with Crippen LogP contribution in [0, 0.1) is 0 Å². The van der Waals surface area contributed by atoms with Crippen molar-refractivity contribution in [2.24, 2.45) is 0 Å². The Morgan fingerprint density at radius 3 is 1.18 bits per heavy atom. The molecule has 91 heavy (non-hydrogen) atoms. The third kappa shape index (κ3) is 17.0. The zero-order valence-corrected chi connectivity index (χ0v) is 49.8. The lowest BCUT2D eigenvalue weighted by atomic mass is 9.96. The summed E-state index contributed by atoms with van der Waals surface area (Å²) in [5.74, 6) is -3.50. The molecule has 3 heterocycles. The second kappa shape index (κ2) is 31.8. The Morgan fingerprint density at radius 2 is 0.725 bits per heavy atom. The molecule has 11 rings (SSSR count). The Morgan fingerprint density at radius 1 is 0.374 bits per heavy atom. The number of aliphatic hydroxyl groups excluding tert-OH is 1. The van der Waals surface area contributed by atoms with E-state index in [1.54, 1.807) is 84.9 Å². The van der Waals surface area contributed by atoms with Crippen molar-refractivity contribution < 1.29 is 85.9 Å². The van der Waals surface area contributed by atoms with Crippen LogP contribution in [0.25, 0.3) is 0 Å². The van der Waals surface area contributed by atoms with Crippen LogP contribution < -0.4 is 0 Å². The summed E-state index contributed by atoms with van der Waals surface area (Å²) in [7, 11) is 0. The smallest absolute Gasteiger partial charge is 0.338 e. The molecular formula is C73H70O18. The normalized spacial score (nSPS) is 25.5. The van der Waals surface area contributed by atoms with Crippen LogP contribution in [0.15, 0.2) is 243 Å². The first-order chi connectivity index (χ1) is 44.6. The first-order valence-corrected chi connectivity index (χ1v) is 30.2. The van der Waals surface area contributed by atoms with Crippen LogP contribution in [0.1, 0.15) is 70.6 Å². The van der Waals surface area contributed by atoms with Crippen molar-refractivity contribution in [2.75, 3.05) is 13.2 Å². The number of aliphatic hydroxyl groups is 1. The molecule has 0 amide bonds. The molecule has 0 bridgehead atoms. The molecule has 8 aromatic carbocycles. The molecule has 0 spiro atoms. The van der Waals surface area contributed by atoms with Crippen LogP contribution >= 0.6 is 0 Å². The van der Waals surface area contributed by atoms with Gasteiger partial charge in [-0.25, -0.2) is 19.2 Å². The number of carbonyl (C=O) groups excluding carboxylic acids is 4. The lowest BCUT2D eigenvalue weighted by molar-refractivity contribution is -0.384. The summed E-state index contributed by atoms with van der Waals surface area (Å²) in [5, 5.41) is 12.4. The van der Waals surface area contributed by atoms with E-state index in [0.717, 1.165) is 22.3 Å². The van der Waals surface area contributed by atoms with Gasteiger partial charge in [-0.1, -0.05) is 194 Å². The quantitative estimate of drug-likeness (QED) is 0.0417. The number of carbonyl (C=O) groups is 4. The molecule has 0 aromatic heterocycles. The van der Waals surface area contributed by atoms with Gasteiger partial charge < -0.3 is 66.7 Å². The molecule has 1 N–H and O–H groups in total. The highest BCUT2D eigenvalue weighted by atomic mass is 16.8. The van der Waals surface area contributed by atoms with E-state index in [0.29, 0.717) is 0 Å². The molecule has 3 aliphatic rings. The van der Waals surface area contributed by atoms with Crippen molar-refractivity contribution in [3.05, 3.63) is 287 Å². The summed E-state index contributed by atoms with van der Waals surface area (Å²) in [6, 6.07) is 70.4. The fourth-order valence-corrected chi connectivity index (χ4v) is 10.9. The molecule has 18 heteroatoms. The molecule has 0 aliphatic carbocycles. The van der Waals surface area contributed by atoms with Gasteiger partial charge in [-0.3, -0.25) is 0 Å². The number of hydrogen-bond acceptors (Lipinski definition) is 18. The maximum atomic E-state index is 14.7. The lowest BCUT2D eigenvalue weighted by Crippen LogP contribution is -2.67. The number of ether oxygens (including phenoxy) is 13. The molecule has 0 radical (unpaired) electrons. The summed E-state index contributed by atoms with van der Waals surface area (Å²) in [5.41, 5.74) is 3.83. The van der Waals surface area contributed by atoms with Crippen molar-refractivity contribution >= 4 is 23.9 Å². The van der Waals surface area contributed by atoms with Gasteiger partial charge in [0, 0.05) is 0 Å². The van der Waals surface area contributed by atoms with Crippen molar-refractivity contribution in [3.8, 4) is 0 Å². The van der Waals surface area contributed by atoms with Crippen molar-refractivity contribution in [1.29, 1.82) is 0 Å². The minimum atomic E-state index is -1.87. The first-order valence-electron chi connectivity index (χ1n) is 30.2. The molecule has 3 aliphatic heterocycles. The fourth-order valence-electron chi connectivity index (χ4n) is 10.9. The average Bonchev–Trinajstić information content (AvgIpc) is 0.820. The Balaban J connectivity index is 1.01. The third-order valence-electron chi connectivity index (χ3n) is 15.6. The molecular weight excluding hydrogens is 1160 g/mol. The fraction of sp³-hybridized carbons (Fsp3) is 0.288. The molecule has 14 atom stereocenters. The standard InChI is InChI=1S/C73H70O18/c1-48-59(80-43-50-28-12-3-13-29-50)62(81-44-51-30-14-4-15-31-51)65(82-45-52-32-16-5-17-33-52)72(85-48)91-64-60(57(46-84-71(64)78)79-42-49-26-10-2-11-27-49)90-73-66(89-70(77)56-40-24-9-25-41-56)63(88-69(76)55-38-22-8-23-39-55)61(87-68(75)54-36-20-7-21-37-54)58(86-73)47-83-67(74)53-34-18-6-19-35-53/h2-41,48,57-66,71-73,78H,42-47H2,1H3/t48-,57+,58+,59-,60-,61+,62+,63-,64-,65+,66+,71-,72-,73-/m0/s1. The summed E-state index contributed by atoms with van der Waals surface area (Å²) in [4.78, 5) is 57.7. The Hall–Kier alpha value is -8.76. The molecule has 470 valence electrons. The minimum absolute atomic E-state index is 0.00200. The van der Waals surface area contributed by atoms with Gasteiger partial charge in [-0.15, -0.1) is 0 Å². The lowest BCUT2D eigenvalue weighted by Gasteiger charge is -2.49. The van der Waals surface area contributed by atoms with Crippen LogP contribution in [0.5, 0.6) is 0 Å². The van der Waals surface area contributed by atoms with E-state index in [9.17, 15) is 24.3 Å². The summed E-state index contributed by atoms with van der Waals surface area (Å²) >= 11 is 0. The summed E-state index contributed by atoms with van der Waals surface area (Å²) < 4.78 is 86.7. The second-order valence-corrected chi connectivity index (χ2v) is 22.0. The monoisotopic (exact) mass is 1230 g/mol. The second-order valence-electron chi connectivity index (χ2n) is 22.0. The predicted molar refractivity (Wildman–Crippen MR) is 328 cm³/mol. The van der Waals surface area contributed by atoms with Gasteiger partial charge in [0.15, 0.2) is 37.2 Å². The van der Waals surface area contributed by atoms with E-state index in [-0.39, 0.29) is 55.3 Å². The Labute approximate surface area is 527 Å². The maximum absolute atomic E-state index is 14.7. The van der Waals surface area contributed by atoms with E-state index in [2.05, 4.69) is 0 Å². The number of rotatable bonds is 25. The van der Waals surface area contributed by atoms with Gasteiger partial charge in [0.25, 0.3) is 0 Å². The molecule has 0 unspecified atom stereocenters. The zero-order chi connectivity index (χ0) is 62.7. The highest BCUT2D eigenvalue weighted by Crippen LogP contribution is 2.38. The largest absolute Gasteiger partial charge is 0.459 e. The van der Waals surface area contributed by atoms with E-state index >= 15 is 0 Å². The number of hydrogen-bond donors (Lipinski definition) is 1. The van der Waals surface area contributed by atoms with Crippen LogP contribution in [-0.2, 0) is 88.0 Å². The third-order valence-corrected chi connectivity index (χ3v) is 15.6. The van der Waals surface area contributed by atoms with E-state index < -0.39 is 116 Å². The summed E-state index contributed by atoms with van der Waals surface area (Å²) in [6.45, 7) is 1.29. The van der Waals surface area contributed by atoms with Crippen LogP contribution in [0.4, 0.5) is 0 Å². The Bertz CT molecular complexity index is 3520. The van der Waals surface area contributed by atoms with Gasteiger partial charge in [0.05, 0.1) is 61.4 Å². The SMILES string of the molecule is C[C@@H]1O[C@@H](O[C@H]2[C@@H](O[C@@H]3O[C@H](COC(=O)c4ccccc4)[C@@H](OC(=O)c4ccccc4)[C@H](OC(=O)c4ccccc4)[C@H]3OC(=O)c3ccccc3)[C@H](OCc3ccccc3)CO[C@@H]2O)[C@H](OCc2ccccc2)[C@H](OCc2ccccc2)[C@H]1OCc1ccccc1. The van der Waals surface area contributed by atoms with Crippen molar-refractivity contribution in [1.82, 2.24) is 0 Å². The highest BCUT2D eigenvalue weighted by molar-refractivity contribution is 5.91. The predicted octanol–water partition coefficient (Wildman–Crippen LogP) is 10.5. The van der Waals surface area contributed by atoms with Crippen LogP contribution in [0.3, 0.4) is 0 Å². The van der Waals surface area contributed by atoms with Crippen LogP contribution in [0.2, 0.25) is 0 Å². The molecule has 3 saturated heterocycles. The van der Waals surface area contributed by atoms with Gasteiger partial charge >= 0.3 is 23.9 Å². The van der Waals surface area contributed by atoms with Gasteiger partial charge in [-0.2, -0.15) is 0 Å². The van der Waals surface area contributed by atoms with E-state index in [1.165, 1.54) is 36.4 Å². The number of benzene rings is 8. The van der Waals surface area contributed by atoms with Gasteiger partial charge in [-0.05, 0) is 77.7 Å². The number of esters is 4. The minimum Gasteiger partial charge on any atom is -0.459 e. The van der Waals surface area contributed by atoms with Gasteiger partial charge in [0.1, 0.15) is 49.3 Å². The maximum Gasteiger partial charge on any atom is 0.338 e. The summed E-state index contributed by atoms with van der Waals surface area (Å²) in [6.07, 6.45) is -19.7. The molecule has 0 saturated carbocycles. The molecule has 8 aromatic rings. The van der Waals surface area contributed by atoms with E-state index in [4.69, 9.17) is 61.6 Å². The highest BCUT2D eigenvalue weighted by Gasteiger charge is 2.57. The van der Waals surface area contributed by atoms with Gasteiger partial charge in [0.2, 0.25) is 0 Å². The zero-order valence-electron chi connectivity index (χ0n) is 49.8. The van der Waals surface area contributed by atoms with Crippen molar-refractivity contribution in [2.45, 2.75) is 119 Å². The van der Waals surface area contributed by atoms with Crippen LogP contribution in [-0.4, -0.2) is 128 Å². The molecule has 3 fully saturated rings. The van der Waals surface area contributed by atoms with Crippen molar-refractivity contribution in [3.63, 3.8) is 0 Å². The Kier molecular flexibility index (Phi) is 22.3. The first kappa shape index (κ1) is 63.8.